The van der Waals surface area contributed by atoms with Gasteiger partial charge in [-0.05, 0) is 25.0 Å². The van der Waals surface area contributed by atoms with Crippen LogP contribution in [-0.2, 0) is 0 Å². The number of allylic oxidation sites excluding steroid dienone is 3. The molecule has 0 aliphatic heterocycles. The van der Waals surface area contributed by atoms with Crippen LogP contribution in [-0.4, -0.2) is 6.26 Å². The summed E-state index contributed by atoms with van der Waals surface area (Å²) in [6, 6.07) is 0. The standard InChI is InChI=1S/C10H16S/c1-4-9-8(2)6-5-7-10(9)11-3/h5,7-8H,4,6H2,1-3H3. The van der Waals surface area contributed by atoms with Gasteiger partial charge in [-0.25, -0.2) is 0 Å². The van der Waals surface area contributed by atoms with Crippen molar-refractivity contribution < 1.29 is 0 Å². The molecule has 1 aliphatic rings. The second-order valence-corrected chi connectivity index (χ2v) is 3.83. The van der Waals surface area contributed by atoms with Crippen molar-refractivity contribution in [3.05, 3.63) is 22.6 Å². The summed E-state index contributed by atoms with van der Waals surface area (Å²) in [5.41, 5.74) is 1.64. The molecule has 1 aliphatic carbocycles. The first-order valence-electron chi connectivity index (χ1n) is 4.23. The highest BCUT2D eigenvalue weighted by atomic mass is 32.2. The zero-order valence-electron chi connectivity index (χ0n) is 7.55. The molecule has 0 radical (unpaired) electrons. The van der Waals surface area contributed by atoms with Crippen molar-refractivity contribution in [1.82, 2.24) is 0 Å². The minimum Gasteiger partial charge on any atom is -0.130 e. The van der Waals surface area contributed by atoms with Gasteiger partial charge >= 0.3 is 0 Å². The Morgan fingerprint density at radius 2 is 2.36 bits per heavy atom. The SMILES string of the molecule is CCC1=C(SC)C=CCC1C. The van der Waals surface area contributed by atoms with Gasteiger partial charge in [0.15, 0.2) is 0 Å². The first kappa shape index (κ1) is 8.92. The maximum Gasteiger partial charge on any atom is 0.00606 e. The summed E-state index contributed by atoms with van der Waals surface area (Å²) in [5.74, 6) is 0.771. The van der Waals surface area contributed by atoms with Crippen LogP contribution in [0.1, 0.15) is 26.7 Å². The van der Waals surface area contributed by atoms with Gasteiger partial charge in [-0.3, -0.25) is 0 Å². The lowest BCUT2D eigenvalue weighted by Gasteiger charge is -2.19. The molecule has 1 atom stereocenters. The largest absolute Gasteiger partial charge is 0.130 e. The third kappa shape index (κ3) is 1.90. The molecule has 0 heterocycles. The van der Waals surface area contributed by atoms with Gasteiger partial charge in [-0.15, -0.1) is 11.8 Å². The highest BCUT2D eigenvalue weighted by molar-refractivity contribution is 8.02. The molecule has 0 aromatic rings. The average Bonchev–Trinajstić information content (AvgIpc) is 2.04. The Hall–Kier alpha value is -0.170. The molecule has 0 aromatic heterocycles. The van der Waals surface area contributed by atoms with E-state index < -0.39 is 0 Å². The normalized spacial score (nSPS) is 24.5. The van der Waals surface area contributed by atoms with Gasteiger partial charge in [0, 0.05) is 4.91 Å². The van der Waals surface area contributed by atoms with Crippen LogP contribution < -0.4 is 0 Å². The van der Waals surface area contributed by atoms with E-state index in [1.807, 2.05) is 11.8 Å². The monoisotopic (exact) mass is 168 g/mol. The lowest BCUT2D eigenvalue weighted by molar-refractivity contribution is 0.658. The van der Waals surface area contributed by atoms with E-state index in [9.17, 15) is 0 Å². The highest BCUT2D eigenvalue weighted by Gasteiger charge is 2.12. The third-order valence-corrected chi connectivity index (χ3v) is 3.11. The molecule has 0 bridgehead atoms. The van der Waals surface area contributed by atoms with E-state index in [0.29, 0.717) is 0 Å². The maximum atomic E-state index is 2.32. The van der Waals surface area contributed by atoms with Gasteiger partial charge in [-0.1, -0.05) is 31.6 Å². The third-order valence-electron chi connectivity index (χ3n) is 2.27. The van der Waals surface area contributed by atoms with Crippen molar-refractivity contribution in [2.45, 2.75) is 26.7 Å². The average molecular weight is 168 g/mol. The Labute approximate surface area is 73.8 Å². The van der Waals surface area contributed by atoms with Crippen LogP contribution in [0.15, 0.2) is 22.6 Å². The summed E-state index contributed by atoms with van der Waals surface area (Å²) in [4.78, 5) is 1.49. The lowest BCUT2D eigenvalue weighted by atomic mass is 9.91. The Bertz CT molecular complexity index is 189. The van der Waals surface area contributed by atoms with E-state index in [-0.39, 0.29) is 0 Å². The van der Waals surface area contributed by atoms with E-state index in [0.717, 1.165) is 5.92 Å². The molecule has 1 heteroatoms. The van der Waals surface area contributed by atoms with E-state index >= 15 is 0 Å². The second kappa shape index (κ2) is 4.01. The summed E-state index contributed by atoms with van der Waals surface area (Å²) in [6.45, 7) is 4.57. The highest BCUT2D eigenvalue weighted by Crippen LogP contribution is 2.32. The summed E-state index contributed by atoms with van der Waals surface area (Å²) in [7, 11) is 0. The van der Waals surface area contributed by atoms with Gasteiger partial charge in [0.25, 0.3) is 0 Å². The number of hydrogen-bond donors (Lipinski definition) is 0. The quantitative estimate of drug-likeness (QED) is 0.607. The van der Waals surface area contributed by atoms with Crippen LogP contribution in [0.5, 0.6) is 0 Å². The Balaban J connectivity index is 2.86. The zero-order valence-corrected chi connectivity index (χ0v) is 8.37. The Morgan fingerprint density at radius 1 is 1.64 bits per heavy atom. The molecule has 1 unspecified atom stereocenters. The summed E-state index contributed by atoms with van der Waals surface area (Å²) >= 11 is 1.87. The second-order valence-electron chi connectivity index (χ2n) is 2.99. The zero-order chi connectivity index (χ0) is 8.27. The minimum absolute atomic E-state index is 0.771. The first-order chi connectivity index (χ1) is 5.29. The van der Waals surface area contributed by atoms with Gasteiger partial charge in [0.2, 0.25) is 0 Å². The molecule has 0 saturated carbocycles. The first-order valence-corrected chi connectivity index (χ1v) is 5.45. The number of thioether (sulfide) groups is 1. The predicted octanol–water partition coefficient (Wildman–Crippen LogP) is 3.61. The topological polar surface area (TPSA) is 0 Å². The fourth-order valence-electron chi connectivity index (χ4n) is 1.59. The molecule has 62 valence electrons. The van der Waals surface area contributed by atoms with Crippen molar-refractivity contribution >= 4 is 11.8 Å². The number of rotatable bonds is 2. The smallest absolute Gasteiger partial charge is 0.00606 e. The van der Waals surface area contributed by atoms with Crippen molar-refractivity contribution in [3.63, 3.8) is 0 Å². The van der Waals surface area contributed by atoms with Crippen LogP contribution in [0, 0.1) is 5.92 Å². The molecule has 0 spiro atoms. The molecule has 0 aromatic carbocycles. The lowest BCUT2D eigenvalue weighted by Crippen LogP contribution is -2.03. The van der Waals surface area contributed by atoms with Crippen LogP contribution in [0.2, 0.25) is 0 Å². The molecule has 11 heavy (non-hydrogen) atoms. The number of hydrogen-bond acceptors (Lipinski definition) is 1. The van der Waals surface area contributed by atoms with E-state index in [4.69, 9.17) is 0 Å². The molecule has 0 saturated heterocycles. The molecule has 0 fully saturated rings. The van der Waals surface area contributed by atoms with E-state index in [1.54, 1.807) is 5.57 Å². The Morgan fingerprint density at radius 3 is 2.82 bits per heavy atom. The van der Waals surface area contributed by atoms with E-state index in [2.05, 4.69) is 32.3 Å². The maximum absolute atomic E-state index is 2.32. The van der Waals surface area contributed by atoms with Crippen molar-refractivity contribution in [3.8, 4) is 0 Å². The molecule has 1 rings (SSSR count). The van der Waals surface area contributed by atoms with Gasteiger partial charge < -0.3 is 0 Å². The molecular formula is C10H16S. The molecule has 0 N–H and O–H groups in total. The van der Waals surface area contributed by atoms with Crippen LogP contribution in [0.3, 0.4) is 0 Å². The molecular weight excluding hydrogens is 152 g/mol. The van der Waals surface area contributed by atoms with Gasteiger partial charge in [0.1, 0.15) is 0 Å². The van der Waals surface area contributed by atoms with Crippen molar-refractivity contribution in [1.29, 1.82) is 0 Å². The summed E-state index contributed by atoms with van der Waals surface area (Å²) in [5, 5.41) is 0. The van der Waals surface area contributed by atoms with Gasteiger partial charge in [-0.2, -0.15) is 0 Å². The fourth-order valence-corrected chi connectivity index (χ4v) is 2.43. The van der Waals surface area contributed by atoms with Crippen molar-refractivity contribution in [2.24, 2.45) is 5.92 Å². The Kier molecular flexibility index (Phi) is 3.25. The minimum atomic E-state index is 0.771. The van der Waals surface area contributed by atoms with Crippen LogP contribution in [0.4, 0.5) is 0 Å². The summed E-state index contributed by atoms with van der Waals surface area (Å²) < 4.78 is 0. The summed E-state index contributed by atoms with van der Waals surface area (Å²) in [6.07, 6.45) is 9.15. The van der Waals surface area contributed by atoms with Crippen LogP contribution in [0.25, 0.3) is 0 Å². The van der Waals surface area contributed by atoms with Gasteiger partial charge in [0.05, 0.1) is 0 Å². The van der Waals surface area contributed by atoms with Crippen molar-refractivity contribution in [2.75, 3.05) is 6.26 Å². The molecule has 0 amide bonds. The predicted molar refractivity (Wildman–Crippen MR) is 53.8 cm³/mol. The fraction of sp³-hybridized carbons (Fsp3) is 0.600. The van der Waals surface area contributed by atoms with E-state index in [1.165, 1.54) is 17.7 Å². The van der Waals surface area contributed by atoms with Crippen LogP contribution >= 0.6 is 11.8 Å². The molecule has 0 nitrogen and oxygen atoms in total.